The summed E-state index contributed by atoms with van der Waals surface area (Å²) in [5.74, 6) is -3.60. The quantitative estimate of drug-likeness (QED) is 0.293. The van der Waals surface area contributed by atoms with Gasteiger partial charge in [0.1, 0.15) is 22.2 Å². The summed E-state index contributed by atoms with van der Waals surface area (Å²) in [5, 5.41) is 2.31. The summed E-state index contributed by atoms with van der Waals surface area (Å²) >= 11 is 1.11. The first kappa shape index (κ1) is 28.0. The first-order valence-corrected chi connectivity index (χ1v) is 12.4. The van der Waals surface area contributed by atoms with E-state index in [0.29, 0.717) is 18.3 Å². The molecule has 1 heterocycles. The zero-order valence-electron chi connectivity index (χ0n) is 17.5. The molecule has 2 aromatic carbocycles. The van der Waals surface area contributed by atoms with Gasteiger partial charge in [0.15, 0.2) is 5.82 Å². The van der Waals surface area contributed by atoms with Crippen LogP contribution in [0.1, 0.15) is 5.56 Å². The fourth-order valence-corrected chi connectivity index (χ4v) is 3.86. The van der Waals surface area contributed by atoms with Gasteiger partial charge in [-0.25, -0.2) is 27.9 Å². The van der Waals surface area contributed by atoms with Crippen molar-refractivity contribution in [1.82, 2.24) is 9.97 Å². The van der Waals surface area contributed by atoms with Gasteiger partial charge in [-0.1, -0.05) is 19.4 Å². The second-order valence-corrected chi connectivity index (χ2v) is 10.1. The monoisotopic (exact) mass is 547 g/mol. The predicted octanol–water partition coefficient (Wildman–Crippen LogP) is 6.85. The van der Waals surface area contributed by atoms with Gasteiger partial charge in [0.2, 0.25) is 5.95 Å². The number of carbonyl (C=O) groups excluding carboxylic acids is 1. The Bertz CT molecular complexity index is 1260. The van der Waals surface area contributed by atoms with E-state index in [1.807, 2.05) is 0 Å². The predicted molar refractivity (Wildman–Crippen MR) is 119 cm³/mol. The van der Waals surface area contributed by atoms with Gasteiger partial charge in [-0.3, -0.25) is 0 Å². The van der Waals surface area contributed by atoms with E-state index in [9.17, 15) is 32.6 Å². The number of primary amides is 2. The molecule has 6 nitrogen and oxygen atoms in total. The highest BCUT2D eigenvalue weighted by molar-refractivity contribution is 8.45. The van der Waals surface area contributed by atoms with Gasteiger partial charge in [-0.15, -0.1) is 0 Å². The van der Waals surface area contributed by atoms with Crippen LogP contribution in [0.3, 0.4) is 0 Å². The molecule has 3 rings (SSSR count). The van der Waals surface area contributed by atoms with E-state index in [-0.39, 0.29) is 17.4 Å². The number of nitrogens with two attached hydrogens (primary N) is 2. The summed E-state index contributed by atoms with van der Waals surface area (Å²) in [6.07, 6.45) is 2.19. The molecule has 1 aromatic heterocycles. The number of halogens is 8. The Morgan fingerprint density at radius 1 is 1.00 bits per heavy atom. The molecule has 35 heavy (non-hydrogen) atoms. The van der Waals surface area contributed by atoms with Crippen molar-refractivity contribution in [2.75, 3.05) is 11.6 Å². The van der Waals surface area contributed by atoms with E-state index in [4.69, 9.17) is 4.79 Å². The highest BCUT2D eigenvalue weighted by Gasteiger charge is 2.65. The highest BCUT2D eigenvalue weighted by atomic mass is 32.5. The van der Waals surface area contributed by atoms with Gasteiger partial charge < -0.3 is 16.8 Å². The molecule has 0 atom stereocenters. The van der Waals surface area contributed by atoms with Crippen LogP contribution >= 0.6 is 22.0 Å². The minimum atomic E-state index is -9.98. The summed E-state index contributed by atoms with van der Waals surface area (Å²) in [4.78, 5) is 14.1. The first-order valence-electron chi connectivity index (χ1n) is 9.06. The Kier molecular flexibility index (Phi) is 7.52. The van der Waals surface area contributed by atoms with Crippen LogP contribution in [0.4, 0.5) is 49.0 Å². The molecule has 0 aliphatic rings. The Balaban J connectivity index is 0.00000100. The molecule has 0 unspecified atom stereocenters. The van der Waals surface area contributed by atoms with Crippen molar-refractivity contribution in [2.45, 2.75) is 10.6 Å². The lowest BCUT2D eigenvalue weighted by Crippen LogP contribution is -2.18. The van der Waals surface area contributed by atoms with Crippen LogP contribution < -0.4 is 16.8 Å². The molecule has 0 aliphatic heterocycles. The van der Waals surface area contributed by atoms with E-state index < -0.39 is 61.5 Å². The third-order valence-electron chi connectivity index (χ3n) is 3.91. The van der Waals surface area contributed by atoms with Gasteiger partial charge in [-0.05, 0) is 42.2 Å². The van der Waals surface area contributed by atoms with E-state index in [0.717, 1.165) is 23.9 Å². The number of nitrogens with zero attached hydrogens (tertiary/aromatic N) is 2. The smallest absolute Gasteiger partial charge is 0.310 e. The molecule has 5 N–H and O–H groups in total. The van der Waals surface area contributed by atoms with Crippen molar-refractivity contribution >= 4 is 39.7 Å². The minimum absolute atomic E-state index is 0.00662. The summed E-state index contributed by atoms with van der Waals surface area (Å²) < 4.78 is 108. The van der Waals surface area contributed by atoms with Gasteiger partial charge in [0, 0.05) is 23.1 Å². The number of aromatic nitrogens is 2. The molecule has 3 aromatic rings. The van der Waals surface area contributed by atoms with Crippen molar-refractivity contribution in [3.63, 3.8) is 0 Å². The Labute approximate surface area is 197 Å². The summed E-state index contributed by atoms with van der Waals surface area (Å²) in [6.45, 7) is 0. The summed E-state index contributed by atoms with van der Waals surface area (Å²) in [5.41, 5.74) is 7.01. The van der Waals surface area contributed by atoms with Crippen LogP contribution in [0.2, 0.25) is 0 Å². The van der Waals surface area contributed by atoms with Gasteiger partial charge in [0.25, 0.3) is 0 Å². The SMILES string of the molecule is CSCc1cc(Nc2ncc(F)c(-c3ccc(F)cc3F)n2)cc(S(F)(F)(F)(F)F)c1.NC(N)=O. The van der Waals surface area contributed by atoms with Gasteiger partial charge in [0.05, 0.1) is 6.20 Å². The Hall–Kier alpha value is -3.27. The number of carbonyl (C=O) groups is 1. The first-order chi connectivity index (χ1) is 15.9. The molecular formula is C19H17F8N5OS2. The molecule has 192 valence electrons. The van der Waals surface area contributed by atoms with Crippen molar-refractivity contribution < 1.29 is 37.4 Å². The molecule has 2 amide bonds. The van der Waals surface area contributed by atoms with Crippen molar-refractivity contribution in [3.8, 4) is 11.3 Å². The second-order valence-electron chi connectivity index (χ2n) is 6.81. The maximum Gasteiger partial charge on any atom is 0.310 e. The lowest BCUT2D eigenvalue weighted by Gasteiger charge is -2.41. The second kappa shape index (κ2) is 9.41. The third kappa shape index (κ3) is 8.17. The number of anilines is 2. The molecule has 0 saturated heterocycles. The van der Waals surface area contributed by atoms with E-state index in [2.05, 4.69) is 26.8 Å². The molecule has 0 fully saturated rings. The highest BCUT2D eigenvalue weighted by Crippen LogP contribution is 3.02. The van der Waals surface area contributed by atoms with Crippen LogP contribution in [-0.2, 0) is 5.75 Å². The number of benzene rings is 2. The summed E-state index contributed by atoms with van der Waals surface area (Å²) in [7, 11) is -9.98. The maximum atomic E-state index is 14.1. The normalized spacial score (nSPS) is 13.2. The number of urea groups is 1. The summed E-state index contributed by atoms with van der Waals surface area (Å²) in [6, 6.07) is 3.17. The average Bonchev–Trinajstić information content (AvgIpc) is 2.68. The fourth-order valence-electron chi connectivity index (χ4n) is 2.63. The van der Waals surface area contributed by atoms with E-state index in [1.54, 1.807) is 6.26 Å². The van der Waals surface area contributed by atoms with Gasteiger partial charge in [-0.2, -0.15) is 11.8 Å². The number of hydrogen-bond donors (Lipinski definition) is 3. The molecule has 0 aliphatic carbocycles. The largest absolute Gasteiger partial charge is 0.352 e. The minimum Gasteiger partial charge on any atom is -0.352 e. The molecule has 0 radical (unpaired) electrons. The average molecular weight is 547 g/mol. The lowest BCUT2D eigenvalue weighted by atomic mass is 10.1. The maximum absolute atomic E-state index is 14.1. The number of rotatable bonds is 6. The van der Waals surface area contributed by atoms with Crippen LogP contribution in [0.25, 0.3) is 11.3 Å². The Morgan fingerprint density at radius 3 is 2.17 bits per heavy atom. The van der Waals surface area contributed by atoms with Crippen molar-refractivity contribution in [1.29, 1.82) is 0 Å². The van der Waals surface area contributed by atoms with Crippen LogP contribution in [0.5, 0.6) is 0 Å². The van der Waals surface area contributed by atoms with Crippen molar-refractivity contribution in [2.24, 2.45) is 11.5 Å². The lowest BCUT2D eigenvalue weighted by molar-refractivity contribution is 0.256. The third-order valence-corrected chi connectivity index (χ3v) is 5.66. The zero-order valence-corrected chi connectivity index (χ0v) is 19.2. The number of thioether (sulfide) groups is 1. The molecule has 16 heteroatoms. The van der Waals surface area contributed by atoms with Crippen molar-refractivity contribution in [3.05, 3.63) is 65.6 Å². The van der Waals surface area contributed by atoms with Crippen LogP contribution in [0, 0.1) is 17.5 Å². The Morgan fingerprint density at radius 2 is 1.63 bits per heavy atom. The number of hydrogen-bond acceptors (Lipinski definition) is 5. The van der Waals surface area contributed by atoms with Crippen LogP contribution in [0.15, 0.2) is 47.5 Å². The molecule has 0 saturated carbocycles. The van der Waals surface area contributed by atoms with E-state index in [1.165, 1.54) is 6.07 Å². The molecular weight excluding hydrogens is 530 g/mol. The van der Waals surface area contributed by atoms with Gasteiger partial charge >= 0.3 is 16.3 Å². The number of amides is 2. The molecule has 0 spiro atoms. The fraction of sp³-hybridized carbons (Fsp3) is 0.105. The van der Waals surface area contributed by atoms with E-state index >= 15 is 0 Å². The standard InChI is InChI=1S/C18H13F8N3S2.CH4N2O/c1-30-9-10-4-12(7-13(5-10)31(22,23,24,25)26)28-18-27-8-16(21)17(29-18)14-3-2-11(19)6-15(14)20;2-1(3)4/h2-8H,9H2,1H3,(H,27,28,29);(H4,2,3,4). The zero-order chi connectivity index (χ0) is 26.7. The topological polar surface area (TPSA) is 107 Å². The number of nitrogens with one attached hydrogen (secondary N) is 1. The molecule has 0 bridgehead atoms. The van der Waals surface area contributed by atoms with Crippen LogP contribution in [-0.4, -0.2) is 22.3 Å².